The van der Waals surface area contributed by atoms with E-state index in [1.54, 1.807) is 0 Å². The largest absolute Gasteiger partial charge is 0.480 e. The molecule has 0 aromatic rings. The molecule has 0 bridgehead atoms. The Bertz CT molecular complexity index is 318. The van der Waals surface area contributed by atoms with Gasteiger partial charge in [-0.3, -0.25) is 10.1 Å². The first-order valence-corrected chi connectivity index (χ1v) is 7.85. The van der Waals surface area contributed by atoms with E-state index in [-0.39, 0.29) is 0 Å². The van der Waals surface area contributed by atoms with Gasteiger partial charge in [-0.25, -0.2) is 0 Å². The third-order valence-corrected chi connectivity index (χ3v) is 5.31. The summed E-state index contributed by atoms with van der Waals surface area (Å²) >= 11 is 0. The van der Waals surface area contributed by atoms with Crippen LogP contribution in [-0.2, 0) is 4.79 Å². The minimum Gasteiger partial charge on any atom is -0.480 e. The van der Waals surface area contributed by atoms with Gasteiger partial charge in [0.15, 0.2) is 0 Å². The molecule has 110 valence electrons. The molecule has 2 N–H and O–H groups in total. The van der Waals surface area contributed by atoms with Crippen molar-refractivity contribution in [2.75, 3.05) is 0 Å². The Morgan fingerprint density at radius 3 is 2.05 bits per heavy atom. The first-order chi connectivity index (χ1) is 8.83. The van der Waals surface area contributed by atoms with Crippen molar-refractivity contribution in [3.8, 4) is 0 Å². The van der Waals surface area contributed by atoms with Crippen LogP contribution in [0.25, 0.3) is 0 Å². The van der Waals surface area contributed by atoms with Gasteiger partial charge in [-0.05, 0) is 49.9 Å². The summed E-state index contributed by atoms with van der Waals surface area (Å²) in [5, 5.41) is 13.2. The lowest BCUT2D eigenvalue weighted by atomic mass is 9.67. The van der Waals surface area contributed by atoms with Crippen LogP contribution < -0.4 is 5.32 Å². The number of hydrogen-bond acceptors (Lipinski definition) is 2. The Morgan fingerprint density at radius 1 is 1.11 bits per heavy atom. The first kappa shape index (κ1) is 14.8. The molecule has 0 saturated heterocycles. The van der Waals surface area contributed by atoms with E-state index in [1.165, 1.54) is 12.8 Å². The minimum absolute atomic E-state index is 0.304. The van der Waals surface area contributed by atoms with Gasteiger partial charge in [-0.15, -0.1) is 0 Å². The molecule has 3 heteroatoms. The van der Waals surface area contributed by atoms with E-state index >= 15 is 0 Å². The molecular weight excluding hydrogens is 238 g/mol. The van der Waals surface area contributed by atoms with E-state index in [1.807, 2.05) is 0 Å². The van der Waals surface area contributed by atoms with Crippen molar-refractivity contribution in [3.05, 3.63) is 0 Å². The van der Waals surface area contributed by atoms with Crippen LogP contribution >= 0.6 is 0 Å². The molecule has 0 aromatic heterocycles. The zero-order valence-electron chi connectivity index (χ0n) is 12.7. The fraction of sp³-hybridized carbons (Fsp3) is 0.938. The van der Waals surface area contributed by atoms with Gasteiger partial charge in [0.05, 0.1) is 0 Å². The van der Waals surface area contributed by atoms with Crippen molar-refractivity contribution in [3.63, 3.8) is 0 Å². The molecule has 0 unspecified atom stereocenters. The maximum Gasteiger partial charge on any atom is 0.323 e. The van der Waals surface area contributed by atoms with Gasteiger partial charge < -0.3 is 5.11 Å². The maximum atomic E-state index is 11.8. The van der Waals surface area contributed by atoms with Crippen molar-refractivity contribution in [2.45, 2.75) is 83.7 Å². The number of aliphatic carboxylic acids is 1. The average Bonchev–Trinajstić information content (AvgIpc) is 2.81. The fourth-order valence-corrected chi connectivity index (χ4v) is 3.86. The molecule has 0 aliphatic heterocycles. The summed E-state index contributed by atoms with van der Waals surface area (Å²) in [4.78, 5) is 11.8. The normalized spacial score (nSPS) is 33.5. The number of carbonyl (C=O) groups is 1. The molecule has 2 rings (SSSR count). The highest BCUT2D eigenvalue weighted by molar-refractivity contribution is 5.79. The third-order valence-electron chi connectivity index (χ3n) is 5.31. The van der Waals surface area contributed by atoms with Gasteiger partial charge in [-0.2, -0.15) is 0 Å². The fourth-order valence-electron chi connectivity index (χ4n) is 3.86. The molecule has 2 saturated carbocycles. The number of hydrogen-bond donors (Lipinski definition) is 2. The molecule has 0 atom stereocenters. The molecule has 2 aliphatic carbocycles. The van der Waals surface area contributed by atoms with Gasteiger partial charge in [0.2, 0.25) is 0 Å². The van der Waals surface area contributed by atoms with Crippen LogP contribution in [0.3, 0.4) is 0 Å². The molecule has 3 nitrogen and oxygen atoms in total. The van der Waals surface area contributed by atoms with Gasteiger partial charge in [-0.1, -0.05) is 33.6 Å². The number of carboxylic acid groups (broad SMARTS) is 1. The quantitative estimate of drug-likeness (QED) is 0.821. The van der Waals surface area contributed by atoms with Crippen LogP contribution in [-0.4, -0.2) is 22.7 Å². The van der Waals surface area contributed by atoms with Crippen molar-refractivity contribution in [2.24, 2.45) is 11.3 Å². The first-order valence-electron chi connectivity index (χ1n) is 7.85. The Morgan fingerprint density at radius 2 is 1.63 bits per heavy atom. The molecule has 2 aliphatic rings. The summed E-state index contributed by atoms with van der Waals surface area (Å²) < 4.78 is 0. The standard InChI is InChI=1S/C16H29NO2/c1-15(2,3)12-8-10-16(11-9-12,14(18)19)17-13-6-4-5-7-13/h12-13,17H,4-11H2,1-3H3,(H,18,19). The Hall–Kier alpha value is -0.570. The predicted molar refractivity (Wildman–Crippen MR) is 77.2 cm³/mol. The second kappa shape index (κ2) is 5.43. The Balaban J connectivity index is 2.00. The van der Waals surface area contributed by atoms with Crippen LogP contribution in [0.4, 0.5) is 0 Å². The van der Waals surface area contributed by atoms with Crippen LogP contribution in [0.5, 0.6) is 0 Å². The zero-order valence-corrected chi connectivity index (χ0v) is 12.7. The molecule has 0 aromatic carbocycles. The maximum absolute atomic E-state index is 11.8. The summed E-state index contributed by atoms with van der Waals surface area (Å²) in [6, 6.07) is 0.433. The number of rotatable bonds is 3. The lowest BCUT2D eigenvalue weighted by Gasteiger charge is -2.43. The molecular formula is C16H29NO2. The number of nitrogens with one attached hydrogen (secondary N) is 1. The lowest BCUT2D eigenvalue weighted by molar-refractivity contribution is -0.147. The van der Waals surface area contributed by atoms with Crippen LogP contribution in [0.15, 0.2) is 0 Å². The van der Waals surface area contributed by atoms with Crippen LogP contribution in [0.1, 0.15) is 72.1 Å². The van der Waals surface area contributed by atoms with E-state index < -0.39 is 11.5 Å². The Labute approximate surface area is 117 Å². The number of carboxylic acids is 1. The monoisotopic (exact) mass is 267 g/mol. The average molecular weight is 267 g/mol. The topological polar surface area (TPSA) is 49.3 Å². The van der Waals surface area contributed by atoms with E-state index in [4.69, 9.17) is 0 Å². The van der Waals surface area contributed by atoms with Gasteiger partial charge >= 0.3 is 5.97 Å². The van der Waals surface area contributed by atoms with Crippen LogP contribution in [0, 0.1) is 11.3 Å². The minimum atomic E-state index is -0.642. The summed E-state index contributed by atoms with van der Waals surface area (Å²) in [5.41, 5.74) is -0.339. The molecule has 2 fully saturated rings. The van der Waals surface area contributed by atoms with Crippen molar-refractivity contribution >= 4 is 5.97 Å². The summed E-state index contributed by atoms with van der Waals surface area (Å²) in [6.07, 6.45) is 8.46. The molecule has 0 radical (unpaired) electrons. The lowest BCUT2D eigenvalue weighted by Crippen LogP contribution is -2.57. The van der Waals surface area contributed by atoms with Crippen molar-refractivity contribution in [1.82, 2.24) is 5.32 Å². The van der Waals surface area contributed by atoms with Gasteiger partial charge in [0, 0.05) is 6.04 Å². The zero-order chi connectivity index (χ0) is 14.1. The van der Waals surface area contributed by atoms with E-state index in [9.17, 15) is 9.90 Å². The molecule has 19 heavy (non-hydrogen) atoms. The molecule has 0 amide bonds. The highest BCUT2D eigenvalue weighted by atomic mass is 16.4. The second-order valence-electron chi connectivity index (χ2n) is 7.65. The SMILES string of the molecule is CC(C)(C)C1CCC(NC2CCCC2)(C(=O)O)CC1. The van der Waals surface area contributed by atoms with Crippen molar-refractivity contribution < 1.29 is 9.90 Å². The van der Waals surface area contributed by atoms with E-state index in [0.717, 1.165) is 38.5 Å². The van der Waals surface area contributed by atoms with Gasteiger partial charge in [0.25, 0.3) is 0 Å². The highest BCUT2D eigenvalue weighted by Crippen LogP contribution is 2.42. The predicted octanol–water partition coefficient (Wildman–Crippen LogP) is 3.58. The molecule has 0 heterocycles. The Kier molecular flexibility index (Phi) is 4.24. The molecule has 0 spiro atoms. The second-order valence-corrected chi connectivity index (χ2v) is 7.65. The third kappa shape index (κ3) is 3.31. The summed E-state index contributed by atoms with van der Waals surface area (Å²) in [5.74, 6) is 0.0251. The van der Waals surface area contributed by atoms with Crippen molar-refractivity contribution in [1.29, 1.82) is 0 Å². The van der Waals surface area contributed by atoms with E-state index in [2.05, 4.69) is 26.1 Å². The highest BCUT2D eigenvalue weighted by Gasteiger charge is 2.45. The van der Waals surface area contributed by atoms with E-state index in [0.29, 0.717) is 17.4 Å². The summed E-state index contributed by atoms with van der Waals surface area (Å²) in [6.45, 7) is 6.82. The van der Waals surface area contributed by atoms with Gasteiger partial charge in [0.1, 0.15) is 5.54 Å². The van der Waals surface area contributed by atoms with Crippen LogP contribution in [0.2, 0.25) is 0 Å². The smallest absolute Gasteiger partial charge is 0.323 e. The summed E-state index contributed by atoms with van der Waals surface area (Å²) in [7, 11) is 0.